The highest BCUT2D eigenvalue weighted by Gasteiger charge is 2.07. The van der Waals surface area contributed by atoms with E-state index in [1.165, 1.54) is 0 Å². The zero-order chi connectivity index (χ0) is 10.6. The van der Waals surface area contributed by atoms with Crippen LogP contribution in [0.2, 0.25) is 0 Å². The van der Waals surface area contributed by atoms with Crippen molar-refractivity contribution in [1.29, 1.82) is 0 Å². The van der Waals surface area contributed by atoms with Gasteiger partial charge in [0, 0.05) is 20.3 Å². The Bertz CT molecular complexity index is 327. The van der Waals surface area contributed by atoms with E-state index in [4.69, 9.17) is 5.73 Å². The van der Waals surface area contributed by atoms with Gasteiger partial charge < -0.3 is 16.0 Å². The summed E-state index contributed by atoms with van der Waals surface area (Å²) in [5, 5.41) is 2.51. The molecule has 1 rings (SSSR count). The molecule has 0 bridgehead atoms. The zero-order valence-electron chi connectivity index (χ0n) is 8.19. The third kappa shape index (κ3) is 2.58. The summed E-state index contributed by atoms with van der Waals surface area (Å²) in [4.78, 5) is 20.6. The number of nitrogens with two attached hydrogens (primary N) is 1. The molecule has 0 aliphatic carbocycles. The average Bonchev–Trinajstić information content (AvgIpc) is 2.17. The summed E-state index contributed by atoms with van der Waals surface area (Å²) < 4.78 is 0. The van der Waals surface area contributed by atoms with Gasteiger partial charge in [0.1, 0.15) is 5.82 Å². The molecule has 14 heavy (non-hydrogen) atoms. The lowest BCUT2D eigenvalue weighted by atomic mass is 10.5. The van der Waals surface area contributed by atoms with E-state index >= 15 is 0 Å². The molecule has 0 aliphatic heterocycles. The molecule has 1 aromatic heterocycles. The van der Waals surface area contributed by atoms with Gasteiger partial charge in [0.2, 0.25) is 11.9 Å². The zero-order valence-corrected chi connectivity index (χ0v) is 8.19. The van der Waals surface area contributed by atoms with Crippen LogP contribution in [0.4, 0.5) is 11.8 Å². The average molecular weight is 195 g/mol. The monoisotopic (exact) mass is 195 g/mol. The second-order valence-corrected chi connectivity index (χ2v) is 2.81. The normalized spacial score (nSPS) is 9.57. The second-order valence-electron chi connectivity index (χ2n) is 2.81. The Kier molecular flexibility index (Phi) is 3.22. The number of amides is 1. The minimum atomic E-state index is -0.0986. The third-order valence-corrected chi connectivity index (χ3v) is 1.67. The molecule has 0 fully saturated rings. The van der Waals surface area contributed by atoms with Crippen LogP contribution in [0.25, 0.3) is 0 Å². The topological polar surface area (TPSA) is 84.1 Å². The summed E-state index contributed by atoms with van der Waals surface area (Å²) in [5.41, 5.74) is 5.48. The predicted octanol–water partition coefficient (Wildman–Crippen LogP) is -0.759. The van der Waals surface area contributed by atoms with Crippen LogP contribution < -0.4 is 16.0 Å². The Morgan fingerprint density at radius 1 is 1.71 bits per heavy atom. The number of nitrogen functional groups attached to an aromatic ring is 1. The van der Waals surface area contributed by atoms with E-state index in [1.807, 2.05) is 0 Å². The standard InChI is InChI=1S/C8H13N5O/c1-10-7(14)5-13(2)8-11-4-3-6(9)12-8/h3-4H,5H2,1-2H3,(H,10,14)(H2,9,11,12). The molecule has 0 unspecified atom stereocenters. The molecule has 1 amide bonds. The number of anilines is 2. The van der Waals surface area contributed by atoms with Crippen LogP contribution in [0.5, 0.6) is 0 Å². The van der Waals surface area contributed by atoms with Crippen LogP contribution in [-0.2, 0) is 4.79 Å². The van der Waals surface area contributed by atoms with E-state index in [-0.39, 0.29) is 12.5 Å². The van der Waals surface area contributed by atoms with E-state index in [1.54, 1.807) is 31.3 Å². The Morgan fingerprint density at radius 2 is 2.43 bits per heavy atom. The van der Waals surface area contributed by atoms with Crippen LogP contribution in [0, 0.1) is 0 Å². The molecule has 0 spiro atoms. The Labute approximate surface area is 82.1 Å². The van der Waals surface area contributed by atoms with Gasteiger partial charge >= 0.3 is 0 Å². The van der Waals surface area contributed by atoms with Gasteiger partial charge in [-0.15, -0.1) is 0 Å². The van der Waals surface area contributed by atoms with Gasteiger partial charge in [0.15, 0.2) is 0 Å². The Hall–Kier alpha value is -1.85. The van der Waals surface area contributed by atoms with Gasteiger partial charge in [-0.2, -0.15) is 4.98 Å². The molecule has 0 radical (unpaired) electrons. The minimum Gasteiger partial charge on any atom is -0.384 e. The second kappa shape index (κ2) is 4.40. The van der Waals surface area contributed by atoms with Gasteiger partial charge in [-0.3, -0.25) is 4.79 Å². The largest absolute Gasteiger partial charge is 0.384 e. The first kappa shape index (κ1) is 10.2. The van der Waals surface area contributed by atoms with Crippen molar-refractivity contribution in [1.82, 2.24) is 15.3 Å². The first-order valence-electron chi connectivity index (χ1n) is 4.13. The van der Waals surface area contributed by atoms with Gasteiger partial charge in [0.25, 0.3) is 0 Å². The summed E-state index contributed by atoms with van der Waals surface area (Å²) >= 11 is 0. The maximum absolute atomic E-state index is 11.0. The number of aromatic nitrogens is 2. The van der Waals surface area contributed by atoms with Crippen molar-refractivity contribution >= 4 is 17.7 Å². The smallest absolute Gasteiger partial charge is 0.239 e. The quantitative estimate of drug-likeness (QED) is 0.662. The Balaban J connectivity index is 2.69. The molecular formula is C8H13N5O. The van der Waals surface area contributed by atoms with Crippen LogP contribution in [0.1, 0.15) is 0 Å². The van der Waals surface area contributed by atoms with Crippen molar-refractivity contribution in [3.63, 3.8) is 0 Å². The Morgan fingerprint density at radius 3 is 3.00 bits per heavy atom. The predicted molar refractivity (Wildman–Crippen MR) is 53.8 cm³/mol. The van der Waals surface area contributed by atoms with E-state index in [0.717, 1.165) is 0 Å². The molecule has 6 nitrogen and oxygen atoms in total. The lowest BCUT2D eigenvalue weighted by molar-refractivity contribution is -0.119. The lowest BCUT2D eigenvalue weighted by Crippen LogP contribution is -2.33. The number of rotatable bonds is 3. The van der Waals surface area contributed by atoms with Crippen molar-refractivity contribution in [2.45, 2.75) is 0 Å². The van der Waals surface area contributed by atoms with E-state index in [0.29, 0.717) is 11.8 Å². The van der Waals surface area contributed by atoms with Crippen LogP contribution in [0.3, 0.4) is 0 Å². The SMILES string of the molecule is CNC(=O)CN(C)c1nccc(N)n1. The molecule has 0 atom stereocenters. The summed E-state index contributed by atoms with van der Waals surface area (Å²) in [5.74, 6) is 0.728. The molecule has 0 saturated carbocycles. The molecule has 1 heterocycles. The van der Waals surface area contributed by atoms with Crippen molar-refractivity contribution in [2.75, 3.05) is 31.3 Å². The van der Waals surface area contributed by atoms with Gasteiger partial charge in [0.05, 0.1) is 6.54 Å². The van der Waals surface area contributed by atoms with Crippen molar-refractivity contribution in [3.05, 3.63) is 12.3 Å². The van der Waals surface area contributed by atoms with E-state index in [9.17, 15) is 4.79 Å². The third-order valence-electron chi connectivity index (χ3n) is 1.67. The van der Waals surface area contributed by atoms with Crippen molar-refractivity contribution < 1.29 is 4.79 Å². The number of carbonyl (C=O) groups is 1. The van der Waals surface area contributed by atoms with Crippen LogP contribution in [-0.4, -0.2) is 36.5 Å². The van der Waals surface area contributed by atoms with Crippen LogP contribution in [0.15, 0.2) is 12.3 Å². The molecule has 76 valence electrons. The van der Waals surface area contributed by atoms with Gasteiger partial charge in [-0.25, -0.2) is 4.98 Å². The fraction of sp³-hybridized carbons (Fsp3) is 0.375. The maximum atomic E-state index is 11.0. The first-order valence-corrected chi connectivity index (χ1v) is 4.13. The fourth-order valence-electron chi connectivity index (χ4n) is 0.911. The molecule has 0 saturated heterocycles. The number of nitrogens with one attached hydrogen (secondary N) is 1. The number of nitrogens with zero attached hydrogens (tertiary/aromatic N) is 3. The summed E-state index contributed by atoms with van der Waals surface area (Å²) in [6.07, 6.45) is 1.55. The molecule has 0 aliphatic rings. The number of likely N-dealkylation sites (N-methyl/N-ethyl adjacent to an activating group) is 2. The van der Waals surface area contributed by atoms with Crippen molar-refractivity contribution in [2.24, 2.45) is 0 Å². The van der Waals surface area contributed by atoms with Crippen molar-refractivity contribution in [3.8, 4) is 0 Å². The number of hydrogen-bond acceptors (Lipinski definition) is 5. The number of hydrogen-bond donors (Lipinski definition) is 2. The molecule has 3 N–H and O–H groups in total. The first-order chi connectivity index (χ1) is 6.63. The highest BCUT2D eigenvalue weighted by atomic mass is 16.1. The molecule has 1 aromatic rings. The van der Waals surface area contributed by atoms with Gasteiger partial charge in [-0.05, 0) is 6.07 Å². The summed E-state index contributed by atoms with van der Waals surface area (Å²) in [6.45, 7) is 0.208. The maximum Gasteiger partial charge on any atom is 0.239 e. The highest BCUT2D eigenvalue weighted by molar-refractivity contribution is 5.80. The lowest BCUT2D eigenvalue weighted by Gasteiger charge is -2.15. The number of carbonyl (C=O) groups excluding carboxylic acids is 1. The van der Waals surface area contributed by atoms with E-state index < -0.39 is 0 Å². The minimum absolute atomic E-state index is 0.0986. The molecular weight excluding hydrogens is 182 g/mol. The molecule has 6 heteroatoms. The van der Waals surface area contributed by atoms with Crippen LogP contribution >= 0.6 is 0 Å². The van der Waals surface area contributed by atoms with E-state index in [2.05, 4.69) is 15.3 Å². The summed E-state index contributed by atoms with van der Waals surface area (Å²) in [7, 11) is 3.31. The van der Waals surface area contributed by atoms with Gasteiger partial charge in [-0.1, -0.05) is 0 Å². The molecule has 0 aromatic carbocycles. The fourth-order valence-corrected chi connectivity index (χ4v) is 0.911. The summed E-state index contributed by atoms with van der Waals surface area (Å²) in [6, 6.07) is 1.59. The highest BCUT2D eigenvalue weighted by Crippen LogP contribution is 2.05.